The van der Waals surface area contributed by atoms with Gasteiger partial charge in [-0.15, -0.1) is 6.58 Å². The van der Waals surface area contributed by atoms with Crippen molar-refractivity contribution in [1.29, 1.82) is 0 Å². The summed E-state index contributed by atoms with van der Waals surface area (Å²) in [6.45, 7) is 5.81. The van der Waals surface area contributed by atoms with E-state index in [-0.39, 0.29) is 0 Å². The number of hydrogen-bond acceptors (Lipinski definition) is 2. The summed E-state index contributed by atoms with van der Waals surface area (Å²) < 4.78 is 4.78. The van der Waals surface area contributed by atoms with Crippen molar-refractivity contribution in [2.75, 3.05) is 11.9 Å². The van der Waals surface area contributed by atoms with Gasteiger partial charge in [0.2, 0.25) is 0 Å². The maximum atomic E-state index is 11.1. The molecule has 1 N–H and O–H groups in total. The Morgan fingerprint density at radius 1 is 1.60 bits per heavy atom. The fourth-order valence-electron chi connectivity index (χ4n) is 1.23. The summed E-state index contributed by atoms with van der Waals surface area (Å²) in [6.07, 6.45) is 2.19. The molecule has 0 spiro atoms. The first-order chi connectivity index (χ1) is 7.26. The first-order valence-electron chi connectivity index (χ1n) is 4.90. The molecule has 1 amide bonds. The topological polar surface area (TPSA) is 38.3 Å². The summed E-state index contributed by atoms with van der Waals surface area (Å²) in [5, 5.41) is 2.65. The smallest absolute Gasteiger partial charge is 0.411 e. The predicted octanol–water partition coefficient (Wildman–Crippen LogP) is 2.98. The van der Waals surface area contributed by atoms with Crippen molar-refractivity contribution in [3.05, 3.63) is 42.5 Å². The van der Waals surface area contributed by atoms with E-state index in [0.29, 0.717) is 6.61 Å². The molecule has 1 rings (SSSR count). The van der Waals surface area contributed by atoms with Crippen LogP contribution in [0.15, 0.2) is 36.9 Å². The lowest BCUT2D eigenvalue weighted by Gasteiger charge is -2.06. The van der Waals surface area contributed by atoms with E-state index >= 15 is 0 Å². The molecule has 3 heteroatoms. The number of allylic oxidation sites excluding steroid dienone is 1. The fraction of sp³-hybridized carbons (Fsp3) is 0.250. The molecule has 1 aromatic rings. The van der Waals surface area contributed by atoms with E-state index in [1.54, 1.807) is 6.92 Å². The molecular weight excluding hydrogens is 190 g/mol. The number of nitrogens with one attached hydrogen (secondary N) is 1. The van der Waals surface area contributed by atoms with Gasteiger partial charge in [0.1, 0.15) is 0 Å². The molecule has 15 heavy (non-hydrogen) atoms. The van der Waals surface area contributed by atoms with Crippen molar-refractivity contribution in [2.24, 2.45) is 0 Å². The van der Waals surface area contributed by atoms with Crippen LogP contribution in [0.1, 0.15) is 12.5 Å². The fourth-order valence-corrected chi connectivity index (χ4v) is 1.23. The Kier molecular flexibility index (Phi) is 4.41. The van der Waals surface area contributed by atoms with E-state index in [1.165, 1.54) is 0 Å². The van der Waals surface area contributed by atoms with Crippen LogP contribution in [-0.4, -0.2) is 12.7 Å². The van der Waals surface area contributed by atoms with Gasteiger partial charge in [-0.25, -0.2) is 4.79 Å². The molecular formula is C12H15NO2. The highest BCUT2D eigenvalue weighted by Gasteiger charge is 2.01. The monoisotopic (exact) mass is 205 g/mol. The molecule has 0 saturated heterocycles. The lowest BCUT2D eigenvalue weighted by Crippen LogP contribution is -2.13. The highest BCUT2D eigenvalue weighted by atomic mass is 16.5. The summed E-state index contributed by atoms with van der Waals surface area (Å²) >= 11 is 0. The van der Waals surface area contributed by atoms with Crippen LogP contribution in [0.5, 0.6) is 0 Å². The van der Waals surface area contributed by atoms with E-state index in [4.69, 9.17) is 4.74 Å². The van der Waals surface area contributed by atoms with Crippen LogP contribution in [0.3, 0.4) is 0 Å². The van der Waals surface area contributed by atoms with Gasteiger partial charge in [0.15, 0.2) is 0 Å². The van der Waals surface area contributed by atoms with Gasteiger partial charge in [-0.05, 0) is 31.0 Å². The second kappa shape index (κ2) is 5.86. The summed E-state index contributed by atoms with van der Waals surface area (Å²) in [4.78, 5) is 11.1. The minimum atomic E-state index is -0.423. The normalized spacial score (nSPS) is 9.40. The quantitative estimate of drug-likeness (QED) is 0.767. The van der Waals surface area contributed by atoms with Gasteiger partial charge in [0.05, 0.1) is 6.61 Å². The third-order valence-corrected chi connectivity index (χ3v) is 1.83. The predicted molar refractivity (Wildman–Crippen MR) is 61.0 cm³/mol. The van der Waals surface area contributed by atoms with Crippen molar-refractivity contribution >= 4 is 11.8 Å². The van der Waals surface area contributed by atoms with Crippen molar-refractivity contribution in [2.45, 2.75) is 13.3 Å². The molecule has 0 bridgehead atoms. The van der Waals surface area contributed by atoms with Crippen LogP contribution in [-0.2, 0) is 11.2 Å². The zero-order chi connectivity index (χ0) is 11.1. The Morgan fingerprint density at radius 3 is 3.07 bits per heavy atom. The summed E-state index contributed by atoms with van der Waals surface area (Å²) in [5.41, 5.74) is 1.85. The van der Waals surface area contributed by atoms with Crippen LogP contribution >= 0.6 is 0 Å². The molecule has 0 aliphatic heterocycles. The summed E-state index contributed by atoms with van der Waals surface area (Å²) in [5.74, 6) is 0. The average molecular weight is 205 g/mol. The highest BCUT2D eigenvalue weighted by Crippen LogP contribution is 2.11. The summed E-state index contributed by atoms with van der Waals surface area (Å²) in [6, 6.07) is 7.60. The zero-order valence-corrected chi connectivity index (χ0v) is 8.82. The van der Waals surface area contributed by atoms with E-state index in [2.05, 4.69) is 11.9 Å². The molecule has 0 saturated carbocycles. The molecule has 0 fully saturated rings. The molecule has 1 aromatic carbocycles. The summed E-state index contributed by atoms with van der Waals surface area (Å²) in [7, 11) is 0. The molecule has 0 unspecified atom stereocenters. The van der Waals surface area contributed by atoms with Crippen LogP contribution < -0.4 is 5.32 Å². The number of anilines is 1. The van der Waals surface area contributed by atoms with Crippen LogP contribution in [0.2, 0.25) is 0 Å². The van der Waals surface area contributed by atoms with Crippen molar-refractivity contribution in [3.8, 4) is 0 Å². The Morgan fingerprint density at radius 2 is 2.40 bits per heavy atom. The lowest BCUT2D eigenvalue weighted by molar-refractivity contribution is 0.168. The molecule has 0 heterocycles. The van der Waals surface area contributed by atoms with Gasteiger partial charge in [0.25, 0.3) is 0 Å². The number of ether oxygens (including phenoxy) is 1. The SMILES string of the molecule is C=CCc1cccc(NC(=O)OCC)c1. The van der Waals surface area contributed by atoms with E-state index in [0.717, 1.165) is 17.7 Å². The van der Waals surface area contributed by atoms with Crippen LogP contribution in [0, 0.1) is 0 Å². The minimum Gasteiger partial charge on any atom is -0.450 e. The first kappa shape index (κ1) is 11.3. The Balaban J connectivity index is 2.64. The number of carbonyl (C=O) groups is 1. The Labute approximate surface area is 89.8 Å². The van der Waals surface area contributed by atoms with Gasteiger partial charge >= 0.3 is 6.09 Å². The second-order valence-electron chi connectivity index (χ2n) is 3.04. The standard InChI is InChI=1S/C12H15NO2/c1-3-6-10-7-5-8-11(9-10)13-12(14)15-4-2/h3,5,7-9H,1,4,6H2,2H3,(H,13,14). The number of benzene rings is 1. The largest absolute Gasteiger partial charge is 0.450 e. The third-order valence-electron chi connectivity index (χ3n) is 1.83. The molecule has 0 atom stereocenters. The molecule has 0 radical (unpaired) electrons. The highest BCUT2D eigenvalue weighted by molar-refractivity contribution is 5.84. The van der Waals surface area contributed by atoms with E-state index < -0.39 is 6.09 Å². The average Bonchev–Trinajstić information content (AvgIpc) is 2.19. The van der Waals surface area contributed by atoms with Gasteiger partial charge < -0.3 is 4.74 Å². The molecule has 3 nitrogen and oxygen atoms in total. The molecule has 80 valence electrons. The van der Waals surface area contributed by atoms with Crippen molar-refractivity contribution in [3.63, 3.8) is 0 Å². The Hall–Kier alpha value is -1.77. The van der Waals surface area contributed by atoms with Crippen molar-refractivity contribution in [1.82, 2.24) is 0 Å². The lowest BCUT2D eigenvalue weighted by atomic mass is 10.1. The zero-order valence-electron chi connectivity index (χ0n) is 8.82. The van der Waals surface area contributed by atoms with E-state index in [1.807, 2.05) is 30.3 Å². The second-order valence-corrected chi connectivity index (χ2v) is 3.04. The third kappa shape index (κ3) is 3.85. The first-order valence-corrected chi connectivity index (χ1v) is 4.90. The van der Waals surface area contributed by atoms with E-state index in [9.17, 15) is 4.79 Å². The molecule has 0 aromatic heterocycles. The van der Waals surface area contributed by atoms with Gasteiger partial charge in [-0.2, -0.15) is 0 Å². The van der Waals surface area contributed by atoms with Crippen molar-refractivity contribution < 1.29 is 9.53 Å². The van der Waals surface area contributed by atoms with Crippen LogP contribution in [0.4, 0.5) is 10.5 Å². The number of carbonyl (C=O) groups excluding carboxylic acids is 1. The minimum absolute atomic E-state index is 0.373. The number of hydrogen-bond donors (Lipinski definition) is 1. The maximum Gasteiger partial charge on any atom is 0.411 e. The molecule has 0 aliphatic rings. The van der Waals surface area contributed by atoms with Gasteiger partial charge in [-0.3, -0.25) is 5.32 Å². The van der Waals surface area contributed by atoms with Gasteiger partial charge in [0, 0.05) is 5.69 Å². The van der Waals surface area contributed by atoms with Crippen LogP contribution in [0.25, 0.3) is 0 Å². The molecule has 0 aliphatic carbocycles. The number of amides is 1. The van der Waals surface area contributed by atoms with Gasteiger partial charge in [-0.1, -0.05) is 18.2 Å². The Bertz CT molecular complexity index is 347. The maximum absolute atomic E-state index is 11.1. The number of rotatable bonds is 4.